The third-order valence-electron chi connectivity index (χ3n) is 3.56. The molecule has 0 aliphatic heterocycles. The van der Waals surface area contributed by atoms with Gasteiger partial charge in [0.1, 0.15) is 6.61 Å². The van der Waals surface area contributed by atoms with Crippen LogP contribution in [0, 0.1) is 0 Å². The Labute approximate surface area is 153 Å². The third-order valence-corrected chi connectivity index (χ3v) is 4.66. The smallest absolute Gasteiger partial charge is 0.435 e. The second-order valence-corrected chi connectivity index (χ2v) is 7.69. The molecular formula is C17H14F3N3O3S. The summed E-state index contributed by atoms with van der Waals surface area (Å²) >= 11 is 0. The lowest BCUT2D eigenvalue weighted by Gasteiger charge is -2.09. The summed E-state index contributed by atoms with van der Waals surface area (Å²) < 4.78 is 68.5. The first kappa shape index (κ1) is 18.9. The molecule has 2 aromatic heterocycles. The maximum atomic E-state index is 13.0. The number of hydrogen-bond donors (Lipinski definition) is 0. The van der Waals surface area contributed by atoms with Gasteiger partial charge in [-0.25, -0.2) is 13.4 Å². The Balaban J connectivity index is 1.96. The van der Waals surface area contributed by atoms with Crippen LogP contribution < -0.4 is 4.74 Å². The zero-order valence-electron chi connectivity index (χ0n) is 14.0. The van der Waals surface area contributed by atoms with Crippen LogP contribution >= 0.6 is 0 Å². The predicted octanol–water partition coefficient (Wildman–Crippen LogP) is 3.27. The maximum absolute atomic E-state index is 13.0. The normalized spacial score (nSPS) is 12.1. The maximum Gasteiger partial charge on any atom is 0.435 e. The summed E-state index contributed by atoms with van der Waals surface area (Å²) in [5.41, 5.74) is -0.376. The van der Waals surface area contributed by atoms with Gasteiger partial charge in [-0.1, -0.05) is 30.3 Å². The van der Waals surface area contributed by atoms with Crippen molar-refractivity contribution in [3.05, 3.63) is 66.0 Å². The molecule has 6 nitrogen and oxygen atoms in total. The van der Waals surface area contributed by atoms with Crippen LogP contribution in [0.5, 0.6) is 5.88 Å². The highest BCUT2D eigenvalue weighted by atomic mass is 32.2. The van der Waals surface area contributed by atoms with E-state index in [0.29, 0.717) is 0 Å². The van der Waals surface area contributed by atoms with E-state index in [4.69, 9.17) is 4.74 Å². The standard InChI is InChI=1S/C17H14F3N3O3S/c1-27(24,25)13-7-8-15(21-10-13)23-16(9-14(22-23)17(18,19)20)26-11-12-5-3-2-4-6-12/h2-10H,11H2,1H3. The molecule has 2 heterocycles. The second-order valence-electron chi connectivity index (χ2n) is 5.68. The number of aromatic nitrogens is 3. The SMILES string of the molecule is CS(=O)(=O)c1ccc(-n2nc(C(F)(F)F)cc2OCc2ccccc2)nc1. The predicted molar refractivity (Wildman–Crippen MR) is 90.2 cm³/mol. The highest BCUT2D eigenvalue weighted by molar-refractivity contribution is 7.90. The van der Waals surface area contributed by atoms with E-state index >= 15 is 0 Å². The van der Waals surface area contributed by atoms with Crippen molar-refractivity contribution >= 4 is 9.84 Å². The number of halogens is 3. The zero-order valence-corrected chi connectivity index (χ0v) is 14.8. The van der Waals surface area contributed by atoms with Crippen molar-refractivity contribution in [3.8, 4) is 11.7 Å². The molecule has 0 atom stereocenters. The minimum Gasteiger partial charge on any atom is -0.473 e. The zero-order chi connectivity index (χ0) is 19.7. The highest BCUT2D eigenvalue weighted by Crippen LogP contribution is 2.32. The topological polar surface area (TPSA) is 74.1 Å². The molecule has 0 bridgehead atoms. The van der Waals surface area contributed by atoms with Crippen molar-refractivity contribution in [1.29, 1.82) is 0 Å². The number of sulfone groups is 1. The van der Waals surface area contributed by atoms with Crippen LogP contribution in [0.2, 0.25) is 0 Å². The summed E-state index contributed by atoms with van der Waals surface area (Å²) in [5, 5.41) is 3.51. The van der Waals surface area contributed by atoms with Crippen molar-refractivity contribution in [1.82, 2.24) is 14.8 Å². The number of nitrogens with zero attached hydrogens (tertiary/aromatic N) is 3. The van der Waals surface area contributed by atoms with Crippen molar-refractivity contribution in [2.75, 3.05) is 6.26 Å². The van der Waals surface area contributed by atoms with E-state index < -0.39 is 21.7 Å². The number of pyridine rings is 1. The molecule has 0 unspecified atom stereocenters. The molecule has 0 aliphatic carbocycles. The molecule has 1 aromatic carbocycles. The van der Waals surface area contributed by atoms with Gasteiger partial charge >= 0.3 is 6.18 Å². The number of rotatable bonds is 5. The Morgan fingerprint density at radius 3 is 2.37 bits per heavy atom. The molecular weight excluding hydrogens is 383 g/mol. The van der Waals surface area contributed by atoms with E-state index in [1.807, 2.05) is 6.07 Å². The summed E-state index contributed by atoms with van der Waals surface area (Å²) in [6.45, 7) is 0.0330. The lowest BCUT2D eigenvalue weighted by atomic mass is 10.2. The van der Waals surface area contributed by atoms with Gasteiger partial charge in [0.15, 0.2) is 21.3 Å². The van der Waals surface area contributed by atoms with Crippen LogP contribution in [0.15, 0.2) is 59.6 Å². The van der Waals surface area contributed by atoms with Crippen LogP contribution in [0.25, 0.3) is 5.82 Å². The monoisotopic (exact) mass is 397 g/mol. The first-order chi connectivity index (χ1) is 12.6. The van der Waals surface area contributed by atoms with Crippen LogP contribution in [0.4, 0.5) is 13.2 Å². The number of alkyl halides is 3. The Kier molecular flexibility index (Phi) is 4.92. The summed E-state index contributed by atoms with van der Waals surface area (Å²) in [5.74, 6) is -0.160. The van der Waals surface area contributed by atoms with Crippen molar-refractivity contribution < 1.29 is 26.3 Å². The summed E-state index contributed by atoms with van der Waals surface area (Å²) in [6.07, 6.45) is -2.60. The molecule has 142 valence electrons. The summed E-state index contributed by atoms with van der Waals surface area (Å²) in [7, 11) is -3.48. The largest absolute Gasteiger partial charge is 0.473 e. The average Bonchev–Trinajstić information content (AvgIpc) is 3.05. The van der Waals surface area contributed by atoms with Gasteiger partial charge in [0.25, 0.3) is 0 Å². The molecule has 0 radical (unpaired) electrons. The lowest BCUT2D eigenvalue weighted by molar-refractivity contribution is -0.141. The highest BCUT2D eigenvalue weighted by Gasteiger charge is 2.35. The van der Waals surface area contributed by atoms with Gasteiger partial charge in [0.05, 0.1) is 4.90 Å². The van der Waals surface area contributed by atoms with Crippen LogP contribution in [0.3, 0.4) is 0 Å². The van der Waals surface area contributed by atoms with Gasteiger partial charge in [0.2, 0.25) is 5.88 Å². The van der Waals surface area contributed by atoms with Gasteiger partial charge in [0, 0.05) is 18.5 Å². The molecule has 0 saturated heterocycles. The molecule has 0 saturated carbocycles. The van der Waals surface area contributed by atoms with Crippen molar-refractivity contribution in [3.63, 3.8) is 0 Å². The van der Waals surface area contributed by atoms with E-state index in [1.165, 1.54) is 12.1 Å². The Morgan fingerprint density at radius 2 is 1.81 bits per heavy atom. The van der Waals surface area contributed by atoms with Gasteiger partial charge < -0.3 is 4.74 Å². The molecule has 27 heavy (non-hydrogen) atoms. The minimum absolute atomic E-state index is 0.000890. The quantitative estimate of drug-likeness (QED) is 0.661. The molecule has 3 aromatic rings. The van der Waals surface area contributed by atoms with Crippen LogP contribution in [-0.2, 0) is 22.6 Å². The summed E-state index contributed by atoms with van der Waals surface area (Å²) in [4.78, 5) is 3.85. The van der Waals surface area contributed by atoms with Gasteiger partial charge in [-0.2, -0.15) is 23.0 Å². The average molecular weight is 397 g/mol. The number of benzene rings is 1. The fourth-order valence-electron chi connectivity index (χ4n) is 2.22. The van der Waals surface area contributed by atoms with E-state index in [2.05, 4.69) is 10.1 Å². The van der Waals surface area contributed by atoms with Gasteiger partial charge in [-0.15, -0.1) is 0 Å². The number of hydrogen-bond acceptors (Lipinski definition) is 5. The van der Waals surface area contributed by atoms with E-state index in [9.17, 15) is 21.6 Å². The molecule has 0 spiro atoms. The van der Waals surface area contributed by atoms with Gasteiger partial charge in [-0.05, 0) is 17.7 Å². The first-order valence-electron chi connectivity index (χ1n) is 7.65. The van der Waals surface area contributed by atoms with Gasteiger partial charge in [-0.3, -0.25) is 0 Å². The second kappa shape index (κ2) is 7.03. The van der Waals surface area contributed by atoms with E-state index in [0.717, 1.165) is 28.8 Å². The van der Waals surface area contributed by atoms with Crippen LogP contribution in [-0.4, -0.2) is 29.4 Å². The van der Waals surface area contributed by atoms with Crippen LogP contribution in [0.1, 0.15) is 11.3 Å². The first-order valence-corrected chi connectivity index (χ1v) is 9.54. The summed E-state index contributed by atoms with van der Waals surface area (Å²) in [6, 6.07) is 12.2. The van der Waals surface area contributed by atoms with Crippen molar-refractivity contribution in [2.45, 2.75) is 17.7 Å². The molecule has 10 heteroatoms. The molecule has 0 amide bonds. The Bertz CT molecular complexity index is 1030. The van der Waals surface area contributed by atoms with E-state index in [-0.39, 0.29) is 23.2 Å². The molecule has 0 aliphatic rings. The fourth-order valence-corrected chi connectivity index (χ4v) is 2.78. The molecule has 0 fully saturated rings. The third kappa shape index (κ3) is 4.45. The van der Waals surface area contributed by atoms with Crippen molar-refractivity contribution in [2.24, 2.45) is 0 Å². The number of ether oxygens (including phenoxy) is 1. The van der Waals surface area contributed by atoms with E-state index in [1.54, 1.807) is 24.3 Å². The Morgan fingerprint density at radius 1 is 1.11 bits per heavy atom. The Hall–Kier alpha value is -2.88. The lowest BCUT2D eigenvalue weighted by Crippen LogP contribution is -2.09. The molecule has 3 rings (SSSR count). The molecule has 0 N–H and O–H groups in total. The minimum atomic E-state index is -4.66. The fraction of sp³-hybridized carbons (Fsp3) is 0.176.